The van der Waals surface area contributed by atoms with Crippen molar-refractivity contribution < 1.29 is 14.4 Å². The van der Waals surface area contributed by atoms with E-state index in [1.807, 2.05) is 30.3 Å². The Balaban J connectivity index is 1.43. The molecule has 4 amide bonds. The maximum Gasteiger partial charge on any atom is 0.328 e. The van der Waals surface area contributed by atoms with E-state index in [1.54, 1.807) is 0 Å². The molecule has 2 heterocycles. The van der Waals surface area contributed by atoms with Gasteiger partial charge >= 0.3 is 6.03 Å². The largest absolute Gasteiger partial charge is 0.368 e. The summed E-state index contributed by atoms with van der Waals surface area (Å²) in [6, 6.07) is 17.5. The Morgan fingerprint density at radius 2 is 1.64 bits per heavy atom. The highest BCUT2D eigenvalue weighted by Gasteiger charge is 2.58. The van der Waals surface area contributed by atoms with Crippen LogP contribution in [0.15, 0.2) is 59.1 Å². The highest BCUT2D eigenvalue weighted by atomic mass is 79.9. The van der Waals surface area contributed by atoms with Crippen LogP contribution in [0.1, 0.15) is 30.4 Å². The average molecular weight is 513 g/mol. The summed E-state index contributed by atoms with van der Waals surface area (Å²) < 4.78 is 0.928. The van der Waals surface area contributed by atoms with E-state index in [-0.39, 0.29) is 19.0 Å². The molecule has 2 aliphatic heterocycles. The number of benzene rings is 2. The molecule has 174 valence electrons. The Morgan fingerprint density at radius 1 is 0.970 bits per heavy atom. The number of nitrogens with zero attached hydrogens (tertiary/aromatic N) is 3. The molecule has 4 rings (SSSR count). The van der Waals surface area contributed by atoms with Crippen molar-refractivity contribution in [2.75, 3.05) is 26.2 Å². The van der Waals surface area contributed by atoms with Gasteiger partial charge in [0.2, 0.25) is 5.91 Å². The Labute approximate surface area is 202 Å². The number of carbonyl (C=O) groups is 3. The molecule has 0 bridgehead atoms. The van der Waals surface area contributed by atoms with Gasteiger partial charge in [-0.05, 0) is 55.5 Å². The SMILES string of the molecule is NC(=O)CN1C(=O)N(Cc2ccc(Br)cc2)C(=O)C12CCN(CCCc1ccccc1)CC2. The van der Waals surface area contributed by atoms with Gasteiger partial charge in [0.15, 0.2) is 0 Å². The average Bonchev–Trinajstić information content (AvgIpc) is 2.99. The molecule has 0 aromatic heterocycles. The molecule has 0 atom stereocenters. The van der Waals surface area contributed by atoms with Crippen molar-refractivity contribution >= 4 is 33.8 Å². The van der Waals surface area contributed by atoms with Crippen molar-refractivity contribution in [3.05, 3.63) is 70.2 Å². The van der Waals surface area contributed by atoms with Crippen LogP contribution >= 0.6 is 15.9 Å². The molecule has 0 saturated carbocycles. The molecule has 2 aromatic rings. The number of imide groups is 1. The first-order valence-corrected chi connectivity index (χ1v) is 12.1. The molecule has 2 fully saturated rings. The van der Waals surface area contributed by atoms with Crippen molar-refractivity contribution in [2.24, 2.45) is 5.73 Å². The first kappa shape index (κ1) is 23.4. The molecule has 0 unspecified atom stereocenters. The van der Waals surface area contributed by atoms with Crippen molar-refractivity contribution in [1.29, 1.82) is 0 Å². The lowest BCUT2D eigenvalue weighted by Crippen LogP contribution is -2.58. The second-order valence-electron chi connectivity index (χ2n) is 8.82. The maximum absolute atomic E-state index is 13.5. The summed E-state index contributed by atoms with van der Waals surface area (Å²) in [5, 5.41) is 0. The van der Waals surface area contributed by atoms with Gasteiger partial charge in [0.1, 0.15) is 12.1 Å². The molecule has 2 aliphatic rings. The van der Waals surface area contributed by atoms with Crippen molar-refractivity contribution in [3.8, 4) is 0 Å². The van der Waals surface area contributed by atoms with Crippen LogP contribution in [0.3, 0.4) is 0 Å². The third-order valence-corrected chi connectivity index (χ3v) is 7.18. The van der Waals surface area contributed by atoms with Gasteiger partial charge < -0.3 is 15.5 Å². The summed E-state index contributed by atoms with van der Waals surface area (Å²) in [6.45, 7) is 2.29. The standard InChI is InChI=1S/C25H29BrN4O3/c26-21-10-8-20(9-11-21)17-29-23(32)25(30(24(29)33)18-22(27)31)12-15-28(16-13-25)14-4-7-19-5-2-1-3-6-19/h1-3,5-6,8-11H,4,7,12-18H2,(H2,27,31). The number of piperidine rings is 1. The van der Waals surface area contributed by atoms with Crippen molar-refractivity contribution in [2.45, 2.75) is 37.8 Å². The quantitative estimate of drug-likeness (QED) is 0.550. The summed E-state index contributed by atoms with van der Waals surface area (Å²) in [5.41, 5.74) is 6.64. The molecule has 2 saturated heterocycles. The Bertz CT molecular complexity index is 1000. The Hall–Kier alpha value is -2.71. The molecule has 2 N–H and O–H groups in total. The Kier molecular flexibility index (Phi) is 7.14. The zero-order valence-corrected chi connectivity index (χ0v) is 20.2. The number of carbonyl (C=O) groups excluding carboxylic acids is 3. The van der Waals surface area contributed by atoms with Crippen LogP contribution in [0.25, 0.3) is 0 Å². The number of aryl methyl sites for hydroxylation is 1. The van der Waals surface area contributed by atoms with Crippen LogP contribution in [0.2, 0.25) is 0 Å². The summed E-state index contributed by atoms with van der Waals surface area (Å²) in [5.74, 6) is -0.827. The van der Waals surface area contributed by atoms with Crippen LogP contribution in [0, 0.1) is 0 Å². The number of rotatable bonds is 8. The highest BCUT2D eigenvalue weighted by Crippen LogP contribution is 2.38. The van der Waals surface area contributed by atoms with Crippen LogP contribution in [0.5, 0.6) is 0 Å². The monoisotopic (exact) mass is 512 g/mol. The van der Waals surface area contributed by atoms with Gasteiger partial charge in [0.05, 0.1) is 6.54 Å². The molecule has 33 heavy (non-hydrogen) atoms. The van der Waals surface area contributed by atoms with Gasteiger partial charge in [-0.1, -0.05) is 58.4 Å². The zero-order chi connectivity index (χ0) is 23.4. The molecular weight excluding hydrogens is 484 g/mol. The van der Waals surface area contributed by atoms with Gasteiger partial charge in [-0.15, -0.1) is 0 Å². The number of primary amides is 1. The minimum Gasteiger partial charge on any atom is -0.368 e. The molecule has 1 spiro atoms. The van der Waals surface area contributed by atoms with E-state index in [9.17, 15) is 14.4 Å². The lowest BCUT2D eigenvalue weighted by Gasteiger charge is -2.41. The summed E-state index contributed by atoms with van der Waals surface area (Å²) >= 11 is 3.40. The van der Waals surface area contributed by atoms with Crippen LogP contribution < -0.4 is 5.73 Å². The van der Waals surface area contributed by atoms with Crippen molar-refractivity contribution in [3.63, 3.8) is 0 Å². The minimum absolute atomic E-state index is 0.183. The summed E-state index contributed by atoms with van der Waals surface area (Å²) in [7, 11) is 0. The number of likely N-dealkylation sites (tertiary alicyclic amines) is 1. The van der Waals surface area contributed by atoms with E-state index in [2.05, 4.69) is 45.1 Å². The maximum atomic E-state index is 13.5. The topological polar surface area (TPSA) is 87.0 Å². The van der Waals surface area contributed by atoms with Crippen LogP contribution in [-0.4, -0.2) is 64.3 Å². The van der Waals surface area contributed by atoms with Crippen molar-refractivity contribution in [1.82, 2.24) is 14.7 Å². The normalized spacial score (nSPS) is 18.3. The van der Waals surface area contributed by atoms with E-state index in [0.29, 0.717) is 25.9 Å². The summed E-state index contributed by atoms with van der Waals surface area (Å²) in [6.07, 6.45) is 3.05. The van der Waals surface area contributed by atoms with E-state index in [0.717, 1.165) is 29.4 Å². The fourth-order valence-corrected chi connectivity index (χ4v) is 5.12. The van der Waals surface area contributed by atoms with E-state index in [1.165, 1.54) is 15.4 Å². The highest BCUT2D eigenvalue weighted by molar-refractivity contribution is 9.10. The van der Waals surface area contributed by atoms with Gasteiger partial charge in [-0.3, -0.25) is 14.5 Å². The van der Waals surface area contributed by atoms with E-state index >= 15 is 0 Å². The fourth-order valence-electron chi connectivity index (χ4n) is 4.85. The minimum atomic E-state index is -0.989. The number of hydrogen-bond donors (Lipinski definition) is 1. The third-order valence-electron chi connectivity index (χ3n) is 6.66. The number of hydrogen-bond acceptors (Lipinski definition) is 4. The number of halogens is 1. The first-order chi connectivity index (χ1) is 15.9. The number of nitrogens with two attached hydrogens (primary N) is 1. The smallest absolute Gasteiger partial charge is 0.328 e. The lowest BCUT2D eigenvalue weighted by molar-refractivity contribution is -0.136. The lowest BCUT2D eigenvalue weighted by atomic mass is 9.85. The molecule has 0 radical (unpaired) electrons. The molecule has 8 heteroatoms. The Morgan fingerprint density at radius 3 is 2.27 bits per heavy atom. The number of urea groups is 1. The van der Waals surface area contributed by atoms with Gasteiger partial charge in [-0.2, -0.15) is 0 Å². The van der Waals surface area contributed by atoms with Crippen LogP contribution in [-0.2, 0) is 22.6 Å². The van der Waals surface area contributed by atoms with Gasteiger partial charge in [0.25, 0.3) is 5.91 Å². The second-order valence-corrected chi connectivity index (χ2v) is 9.73. The predicted octanol–water partition coefficient (Wildman–Crippen LogP) is 3.17. The molecule has 0 aliphatic carbocycles. The summed E-state index contributed by atoms with van der Waals surface area (Å²) in [4.78, 5) is 43.5. The molecular formula is C25H29BrN4O3. The second kappa shape index (κ2) is 10.1. The van der Waals surface area contributed by atoms with E-state index < -0.39 is 17.5 Å². The molecule has 7 nitrogen and oxygen atoms in total. The van der Waals surface area contributed by atoms with Gasteiger partial charge in [0, 0.05) is 17.6 Å². The fraction of sp³-hybridized carbons (Fsp3) is 0.400. The van der Waals surface area contributed by atoms with Gasteiger partial charge in [-0.25, -0.2) is 4.79 Å². The first-order valence-electron chi connectivity index (χ1n) is 11.3. The third kappa shape index (κ3) is 5.12. The molecule has 2 aromatic carbocycles. The van der Waals surface area contributed by atoms with Crippen LogP contribution in [0.4, 0.5) is 4.79 Å². The number of amides is 4. The zero-order valence-electron chi connectivity index (χ0n) is 18.6. The predicted molar refractivity (Wildman–Crippen MR) is 129 cm³/mol. The van der Waals surface area contributed by atoms with E-state index in [4.69, 9.17) is 5.73 Å².